The van der Waals surface area contributed by atoms with Gasteiger partial charge in [0, 0.05) is 50.6 Å². The summed E-state index contributed by atoms with van der Waals surface area (Å²) in [7, 11) is 5.83. The number of nitrogens with zero attached hydrogens (tertiary/aromatic N) is 5. The third kappa shape index (κ3) is 6.83. The molecule has 1 fully saturated rings. The summed E-state index contributed by atoms with van der Waals surface area (Å²) >= 11 is 0. The number of methoxy groups -OCH3 is 1. The van der Waals surface area contributed by atoms with Crippen molar-refractivity contribution in [2.75, 3.05) is 51.1 Å². The highest BCUT2D eigenvalue weighted by molar-refractivity contribution is 5.76. The van der Waals surface area contributed by atoms with Gasteiger partial charge in [-0.05, 0) is 56.8 Å². The average molecular weight is 473 g/mol. The first-order valence-corrected chi connectivity index (χ1v) is 12.5. The van der Waals surface area contributed by atoms with Gasteiger partial charge in [0.15, 0.2) is 0 Å². The summed E-state index contributed by atoms with van der Waals surface area (Å²) in [5.41, 5.74) is 2.97. The number of anilines is 2. The first-order valence-electron chi connectivity index (χ1n) is 12.5. The van der Waals surface area contributed by atoms with Crippen LogP contribution in [-0.2, 0) is 11.3 Å². The van der Waals surface area contributed by atoms with Crippen LogP contribution < -0.4 is 10.2 Å². The lowest BCUT2D eigenvalue weighted by Gasteiger charge is -2.22. The van der Waals surface area contributed by atoms with Gasteiger partial charge in [-0.2, -0.15) is 4.98 Å². The number of pyridine rings is 1. The van der Waals surface area contributed by atoms with E-state index >= 15 is 0 Å². The number of ether oxygens (including phenoxy) is 1. The third-order valence-corrected chi connectivity index (χ3v) is 6.28. The van der Waals surface area contributed by atoms with Crippen LogP contribution in [0.25, 0.3) is 12.2 Å². The van der Waals surface area contributed by atoms with Crippen molar-refractivity contribution in [1.82, 2.24) is 19.9 Å². The van der Waals surface area contributed by atoms with Crippen LogP contribution >= 0.6 is 0 Å². The molecule has 35 heavy (non-hydrogen) atoms. The highest BCUT2D eigenvalue weighted by Crippen LogP contribution is 2.31. The molecular weight excluding hydrogens is 436 g/mol. The summed E-state index contributed by atoms with van der Waals surface area (Å²) in [6.45, 7) is 3.57. The molecule has 7 nitrogen and oxygen atoms in total. The molecule has 0 saturated carbocycles. The first-order chi connectivity index (χ1) is 17.1. The predicted octanol–water partition coefficient (Wildman–Crippen LogP) is 4.45. The number of nitrogens with one attached hydrogen (secondary N) is 1. The van der Waals surface area contributed by atoms with E-state index in [1.165, 1.54) is 25.7 Å². The second kappa shape index (κ2) is 12.4. The summed E-state index contributed by atoms with van der Waals surface area (Å²) in [5, 5.41) is 3.56. The van der Waals surface area contributed by atoms with Crippen molar-refractivity contribution in [3.63, 3.8) is 0 Å². The summed E-state index contributed by atoms with van der Waals surface area (Å²) in [4.78, 5) is 18.6. The number of hydrogen-bond donors (Lipinski definition) is 1. The van der Waals surface area contributed by atoms with Crippen molar-refractivity contribution in [3.05, 3.63) is 53.2 Å². The Morgan fingerprint density at radius 3 is 2.60 bits per heavy atom. The monoisotopic (exact) mass is 472 g/mol. The molecule has 2 aromatic rings. The summed E-state index contributed by atoms with van der Waals surface area (Å²) in [6, 6.07) is 4.02. The quantitative estimate of drug-likeness (QED) is 0.597. The number of fused-ring (bicyclic) bond motifs is 1. The zero-order valence-corrected chi connectivity index (χ0v) is 21.1. The Balaban J connectivity index is 1.68. The second-order valence-corrected chi connectivity index (χ2v) is 9.24. The summed E-state index contributed by atoms with van der Waals surface area (Å²) in [5.74, 6) is 8.96. The molecule has 0 amide bonds. The van der Waals surface area contributed by atoms with Crippen molar-refractivity contribution in [2.45, 2.75) is 38.6 Å². The van der Waals surface area contributed by atoms with E-state index in [0.717, 1.165) is 60.4 Å². The number of hydrogen-bond acceptors (Lipinski definition) is 7. The molecule has 0 bridgehead atoms. The van der Waals surface area contributed by atoms with Crippen LogP contribution in [0.15, 0.2) is 36.4 Å². The molecule has 1 aliphatic heterocycles. The van der Waals surface area contributed by atoms with Crippen LogP contribution in [0.2, 0.25) is 0 Å². The lowest BCUT2D eigenvalue weighted by molar-refractivity contribution is 0.275. The van der Waals surface area contributed by atoms with Gasteiger partial charge in [-0.1, -0.05) is 24.8 Å². The molecule has 4 rings (SSSR count). The molecule has 2 aliphatic rings. The minimum absolute atomic E-state index is 0.119. The largest absolute Gasteiger partial charge is 0.499 e. The lowest BCUT2D eigenvalue weighted by atomic mass is 10.1. The smallest absolute Gasteiger partial charge is 0.227 e. The van der Waals surface area contributed by atoms with Crippen LogP contribution in [0.3, 0.4) is 0 Å². The van der Waals surface area contributed by atoms with Crippen LogP contribution in [0.5, 0.6) is 0 Å². The van der Waals surface area contributed by atoms with Gasteiger partial charge in [-0.3, -0.25) is 4.98 Å². The number of allylic oxidation sites excluding steroid dienone is 1. The molecule has 184 valence electrons. The average Bonchev–Trinajstić information content (AvgIpc) is 3.25. The number of aromatic nitrogens is 3. The Labute approximate surface area is 209 Å². The Bertz CT molecular complexity index is 1090. The zero-order valence-electron chi connectivity index (χ0n) is 21.1. The van der Waals surface area contributed by atoms with Crippen molar-refractivity contribution in [2.24, 2.45) is 5.92 Å². The van der Waals surface area contributed by atoms with Crippen molar-refractivity contribution in [1.29, 1.82) is 0 Å². The fourth-order valence-corrected chi connectivity index (χ4v) is 4.26. The van der Waals surface area contributed by atoms with Crippen LogP contribution in [-0.4, -0.2) is 60.7 Å². The van der Waals surface area contributed by atoms with Crippen LogP contribution in [0, 0.1) is 17.8 Å². The van der Waals surface area contributed by atoms with E-state index in [2.05, 4.69) is 58.2 Å². The third-order valence-electron chi connectivity index (χ3n) is 6.28. The zero-order chi connectivity index (χ0) is 24.5. The fourth-order valence-electron chi connectivity index (χ4n) is 4.26. The van der Waals surface area contributed by atoms with E-state index in [1.807, 2.05) is 30.6 Å². The fraction of sp³-hybridized carbons (Fsp3) is 0.464. The van der Waals surface area contributed by atoms with Gasteiger partial charge in [-0.25, -0.2) is 4.98 Å². The van der Waals surface area contributed by atoms with E-state index in [9.17, 15) is 0 Å². The molecule has 1 aliphatic carbocycles. The molecule has 1 saturated heterocycles. The van der Waals surface area contributed by atoms with Gasteiger partial charge in [0.25, 0.3) is 0 Å². The molecule has 1 unspecified atom stereocenters. The van der Waals surface area contributed by atoms with E-state index in [0.29, 0.717) is 6.54 Å². The first kappa shape index (κ1) is 24.7. The highest BCUT2D eigenvalue weighted by Gasteiger charge is 2.21. The Kier molecular flexibility index (Phi) is 8.74. The van der Waals surface area contributed by atoms with E-state index in [-0.39, 0.29) is 5.92 Å². The number of rotatable bonds is 7. The van der Waals surface area contributed by atoms with Crippen LogP contribution in [0.1, 0.15) is 48.9 Å². The van der Waals surface area contributed by atoms with Crippen molar-refractivity contribution >= 4 is 23.9 Å². The van der Waals surface area contributed by atoms with Gasteiger partial charge >= 0.3 is 0 Å². The molecule has 1 N–H and O–H groups in total. The maximum atomic E-state index is 5.79. The second-order valence-electron chi connectivity index (χ2n) is 9.24. The van der Waals surface area contributed by atoms with Gasteiger partial charge in [-0.15, -0.1) is 5.92 Å². The standard InChI is InChI=1S/C28H36N6O/c1-33(2)17-9-6-10-23-11-12-25-24(20-26(23)35-3)27(30-21-22-13-15-29-16-14-22)32-28(31-25)34-18-7-4-5-8-19-34/h11-16,20,23H,4-5,7-9,17-19,21H2,1-3H3,(H,30,31,32). The molecule has 2 aromatic heterocycles. The van der Waals surface area contributed by atoms with Gasteiger partial charge in [0.1, 0.15) is 11.6 Å². The topological polar surface area (TPSA) is 66.4 Å². The highest BCUT2D eigenvalue weighted by atomic mass is 16.5. The summed E-state index contributed by atoms with van der Waals surface area (Å²) in [6.07, 6.45) is 15.5. The van der Waals surface area contributed by atoms with E-state index in [4.69, 9.17) is 14.7 Å². The molecule has 3 heterocycles. The minimum atomic E-state index is -0.119. The summed E-state index contributed by atoms with van der Waals surface area (Å²) < 4.78 is 5.79. The molecular formula is C28H36N6O. The normalized spacial score (nSPS) is 17.5. The Morgan fingerprint density at radius 1 is 1.11 bits per heavy atom. The van der Waals surface area contributed by atoms with Gasteiger partial charge in [0.2, 0.25) is 5.95 Å². The lowest BCUT2D eigenvalue weighted by Crippen LogP contribution is -2.27. The van der Waals surface area contributed by atoms with Gasteiger partial charge in [0.05, 0.1) is 18.7 Å². The SMILES string of the molecule is COC1=Cc2c(nc(N3CCCCCC3)nc2NCc2ccncc2)C=CC1C#CCCN(C)C. The molecule has 0 spiro atoms. The predicted molar refractivity (Wildman–Crippen MR) is 143 cm³/mol. The molecule has 7 heteroatoms. The molecule has 1 atom stereocenters. The van der Waals surface area contributed by atoms with Crippen LogP contribution in [0.4, 0.5) is 11.8 Å². The molecule has 0 aromatic carbocycles. The maximum absolute atomic E-state index is 5.79. The maximum Gasteiger partial charge on any atom is 0.227 e. The molecule has 0 radical (unpaired) electrons. The van der Waals surface area contributed by atoms with E-state index in [1.54, 1.807) is 7.11 Å². The van der Waals surface area contributed by atoms with Gasteiger partial charge < -0.3 is 19.9 Å². The Morgan fingerprint density at radius 2 is 1.89 bits per heavy atom. The van der Waals surface area contributed by atoms with Crippen molar-refractivity contribution in [3.8, 4) is 11.8 Å². The van der Waals surface area contributed by atoms with Crippen molar-refractivity contribution < 1.29 is 4.74 Å². The Hall–Kier alpha value is -3.37. The minimum Gasteiger partial charge on any atom is -0.499 e. The van der Waals surface area contributed by atoms with E-state index < -0.39 is 0 Å².